The highest BCUT2D eigenvalue weighted by molar-refractivity contribution is 4.93. The number of rotatable bonds is 34. The lowest BCUT2D eigenvalue weighted by Crippen LogP contribution is -2.38. The average Bonchev–Trinajstić information content (AvgIpc) is 3.02. The summed E-state index contributed by atoms with van der Waals surface area (Å²) in [6.45, 7) is 9.45. The molecule has 0 saturated carbocycles. The largest absolute Gasteiger partial charge is 0.392 e. The van der Waals surface area contributed by atoms with E-state index in [0.717, 1.165) is 77.5 Å². The van der Waals surface area contributed by atoms with Gasteiger partial charge in [0.2, 0.25) is 0 Å². The second kappa shape index (κ2) is 36.2. The van der Waals surface area contributed by atoms with E-state index in [9.17, 15) is 10.2 Å². The first-order valence-corrected chi connectivity index (χ1v) is 18.7. The third kappa shape index (κ3) is 35.2. The number of hydrogen-bond donors (Lipinski definition) is 4. The van der Waals surface area contributed by atoms with E-state index >= 15 is 0 Å². The molecule has 4 N–H and O–H groups in total. The van der Waals surface area contributed by atoms with Gasteiger partial charge >= 0.3 is 0 Å². The number of nitrogens with zero attached hydrogens (tertiary/aromatic N) is 1. The molecule has 2 atom stereocenters. The molecule has 0 radical (unpaired) electrons. The van der Waals surface area contributed by atoms with Crippen molar-refractivity contribution in [3.8, 4) is 0 Å². The highest BCUT2D eigenvalue weighted by Gasteiger charge is 2.06. The molecule has 0 aromatic rings. The molecule has 0 amide bonds. The van der Waals surface area contributed by atoms with Gasteiger partial charge in [0, 0.05) is 39.3 Å². The van der Waals surface area contributed by atoms with Gasteiger partial charge in [-0.1, -0.05) is 127 Å². The van der Waals surface area contributed by atoms with Gasteiger partial charge in [-0.2, -0.15) is 0 Å². The van der Waals surface area contributed by atoms with Gasteiger partial charge in [0.25, 0.3) is 0 Å². The molecule has 0 aliphatic carbocycles. The Morgan fingerprint density at radius 3 is 1.27 bits per heavy atom. The van der Waals surface area contributed by atoms with Crippen molar-refractivity contribution in [1.82, 2.24) is 15.5 Å². The Morgan fingerprint density at radius 1 is 0.500 bits per heavy atom. The first-order valence-electron chi connectivity index (χ1n) is 18.7. The molecule has 0 aromatic heterocycles. The minimum atomic E-state index is -0.235. The van der Waals surface area contributed by atoms with Crippen LogP contribution >= 0.6 is 0 Å². The molecule has 2 unspecified atom stereocenters. The van der Waals surface area contributed by atoms with Gasteiger partial charge < -0.3 is 25.7 Å². The van der Waals surface area contributed by atoms with Crippen molar-refractivity contribution in [1.29, 1.82) is 0 Å². The van der Waals surface area contributed by atoms with E-state index in [1.807, 2.05) is 0 Å². The minimum Gasteiger partial charge on any atom is -0.392 e. The molecule has 0 aromatic carbocycles. The van der Waals surface area contributed by atoms with Gasteiger partial charge in [0.1, 0.15) is 0 Å². The quantitative estimate of drug-likeness (QED) is 0.0429. The van der Waals surface area contributed by atoms with Crippen LogP contribution in [0.3, 0.4) is 0 Å². The molecule has 0 aliphatic rings. The van der Waals surface area contributed by atoms with E-state index in [0.29, 0.717) is 13.1 Å². The smallest absolute Gasteiger partial charge is 0.0664 e. The van der Waals surface area contributed by atoms with E-state index in [4.69, 9.17) is 0 Å². The molecule has 0 bridgehead atoms. The van der Waals surface area contributed by atoms with Crippen LogP contribution in [0.2, 0.25) is 0 Å². The number of aliphatic hydroxyl groups is 2. The second-order valence-electron chi connectivity index (χ2n) is 12.6. The Labute approximate surface area is 274 Å². The van der Waals surface area contributed by atoms with Crippen molar-refractivity contribution in [2.75, 3.05) is 46.3 Å². The zero-order valence-corrected chi connectivity index (χ0v) is 29.5. The van der Waals surface area contributed by atoms with Gasteiger partial charge in [-0.25, -0.2) is 0 Å². The van der Waals surface area contributed by atoms with Gasteiger partial charge in [0.05, 0.1) is 12.2 Å². The molecule has 0 saturated heterocycles. The second-order valence-corrected chi connectivity index (χ2v) is 12.6. The Hall–Kier alpha value is -1.24. The fourth-order valence-corrected chi connectivity index (χ4v) is 5.20. The topological polar surface area (TPSA) is 67.8 Å². The fourth-order valence-electron chi connectivity index (χ4n) is 5.20. The lowest BCUT2D eigenvalue weighted by molar-refractivity contribution is 0.154. The first-order chi connectivity index (χ1) is 21.6. The van der Waals surface area contributed by atoms with E-state index in [2.05, 4.69) is 85.0 Å². The molecule has 0 aliphatic heterocycles. The molecule has 258 valence electrons. The van der Waals surface area contributed by atoms with Crippen LogP contribution in [0.25, 0.3) is 0 Å². The summed E-state index contributed by atoms with van der Waals surface area (Å²) in [6, 6.07) is 0. The number of hydrogen-bond acceptors (Lipinski definition) is 5. The van der Waals surface area contributed by atoms with Crippen molar-refractivity contribution in [3.05, 3.63) is 48.6 Å². The summed E-state index contributed by atoms with van der Waals surface area (Å²) in [5.41, 5.74) is 0. The van der Waals surface area contributed by atoms with E-state index in [1.54, 1.807) is 0 Å². The molecule has 0 heterocycles. The maximum atomic E-state index is 10.3. The van der Waals surface area contributed by atoms with Gasteiger partial charge in [-0.15, -0.1) is 0 Å². The number of allylic oxidation sites excluding steroid dienone is 8. The monoisotopic (exact) mass is 618 g/mol. The zero-order valence-electron chi connectivity index (χ0n) is 29.5. The number of nitrogens with one attached hydrogen (secondary N) is 2. The molecule has 5 heteroatoms. The highest BCUT2D eigenvalue weighted by atomic mass is 16.3. The Balaban J connectivity index is 3.42. The SMILES string of the molecule is CC/C=C\C/C=C\CCCCCCCCC(O)CNCCN(C)CCNCC(O)CCCCCCCC/C=C\C/C=C\CC. The van der Waals surface area contributed by atoms with Crippen molar-refractivity contribution >= 4 is 0 Å². The molecule has 44 heavy (non-hydrogen) atoms. The van der Waals surface area contributed by atoms with Crippen LogP contribution in [-0.4, -0.2) is 73.6 Å². The Kier molecular flexibility index (Phi) is 35.2. The zero-order chi connectivity index (χ0) is 32.2. The number of aliphatic hydroxyl groups excluding tert-OH is 2. The highest BCUT2D eigenvalue weighted by Crippen LogP contribution is 2.11. The molecular weight excluding hydrogens is 542 g/mol. The summed E-state index contributed by atoms with van der Waals surface area (Å²) in [7, 11) is 2.14. The standard InChI is InChI=1S/C39H75N3O2/c1-4-6-8-10-12-14-16-18-20-22-24-26-28-30-38(43)36-40-32-34-42(3)35-33-41-37-39(44)31-29-27-25-23-21-19-17-15-13-11-9-7-5-2/h6-9,12-15,38-41,43-44H,4-5,10-11,16-37H2,1-3H3/b8-6-,9-7-,14-12-,15-13-. The normalized spacial score (nSPS) is 14.0. The third-order valence-electron chi connectivity index (χ3n) is 8.10. The van der Waals surface area contributed by atoms with Crippen LogP contribution in [0.5, 0.6) is 0 Å². The maximum Gasteiger partial charge on any atom is 0.0664 e. The lowest BCUT2D eigenvalue weighted by Gasteiger charge is -2.19. The summed E-state index contributed by atoms with van der Waals surface area (Å²) in [5, 5.41) is 27.3. The summed E-state index contributed by atoms with van der Waals surface area (Å²) >= 11 is 0. The van der Waals surface area contributed by atoms with Crippen LogP contribution in [0, 0.1) is 0 Å². The van der Waals surface area contributed by atoms with Crippen LogP contribution < -0.4 is 10.6 Å². The first kappa shape index (κ1) is 42.8. The predicted octanol–water partition coefficient (Wildman–Crippen LogP) is 8.89. The predicted molar refractivity (Wildman–Crippen MR) is 195 cm³/mol. The average molecular weight is 618 g/mol. The summed E-state index contributed by atoms with van der Waals surface area (Å²) in [5.74, 6) is 0. The lowest BCUT2D eigenvalue weighted by atomic mass is 10.1. The Bertz CT molecular complexity index is 620. The van der Waals surface area contributed by atoms with E-state index < -0.39 is 0 Å². The van der Waals surface area contributed by atoms with Crippen molar-refractivity contribution in [2.24, 2.45) is 0 Å². The summed E-state index contributed by atoms with van der Waals surface area (Å²) in [4.78, 5) is 2.30. The van der Waals surface area contributed by atoms with E-state index in [1.165, 1.54) is 77.0 Å². The molecule has 0 fully saturated rings. The Morgan fingerprint density at radius 2 is 0.864 bits per heavy atom. The summed E-state index contributed by atoms with van der Waals surface area (Å²) in [6.07, 6.45) is 41.4. The fraction of sp³-hybridized carbons (Fsp3) is 0.795. The van der Waals surface area contributed by atoms with Gasteiger partial charge in [0.15, 0.2) is 0 Å². The summed E-state index contributed by atoms with van der Waals surface area (Å²) < 4.78 is 0. The number of likely N-dealkylation sites (N-methyl/N-ethyl adjacent to an activating group) is 1. The maximum absolute atomic E-state index is 10.3. The van der Waals surface area contributed by atoms with Crippen molar-refractivity contribution in [2.45, 2.75) is 154 Å². The molecule has 0 rings (SSSR count). The van der Waals surface area contributed by atoms with Gasteiger partial charge in [-0.3, -0.25) is 0 Å². The molecular formula is C39H75N3O2. The van der Waals surface area contributed by atoms with Crippen LogP contribution in [-0.2, 0) is 0 Å². The van der Waals surface area contributed by atoms with Gasteiger partial charge in [-0.05, 0) is 71.3 Å². The van der Waals surface area contributed by atoms with E-state index in [-0.39, 0.29) is 12.2 Å². The molecule has 0 spiro atoms. The third-order valence-corrected chi connectivity index (χ3v) is 8.10. The van der Waals surface area contributed by atoms with Crippen LogP contribution in [0.4, 0.5) is 0 Å². The van der Waals surface area contributed by atoms with Crippen LogP contribution in [0.1, 0.15) is 142 Å². The van der Waals surface area contributed by atoms with Crippen molar-refractivity contribution in [3.63, 3.8) is 0 Å². The molecule has 5 nitrogen and oxygen atoms in total. The van der Waals surface area contributed by atoms with Crippen molar-refractivity contribution < 1.29 is 10.2 Å². The number of unbranched alkanes of at least 4 members (excludes halogenated alkanes) is 12. The van der Waals surface area contributed by atoms with Crippen LogP contribution in [0.15, 0.2) is 48.6 Å². The minimum absolute atomic E-state index is 0.235.